The molecule has 1 aromatic heterocycles. The van der Waals surface area contributed by atoms with Crippen LogP contribution in [0.5, 0.6) is 0 Å². The fourth-order valence-electron chi connectivity index (χ4n) is 3.37. The summed E-state index contributed by atoms with van der Waals surface area (Å²) in [6, 6.07) is 19.0. The van der Waals surface area contributed by atoms with Gasteiger partial charge in [0.15, 0.2) is 11.6 Å². The van der Waals surface area contributed by atoms with Crippen molar-refractivity contribution in [3.8, 4) is 10.6 Å². The summed E-state index contributed by atoms with van der Waals surface area (Å²) >= 11 is 0.981. The minimum absolute atomic E-state index is 0.00904. The van der Waals surface area contributed by atoms with Crippen LogP contribution in [-0.4, -0.2) is 29.1 Å². The van der Waals surface area contributed by atoms with Gasteiger partial charge in [-0.25, -0.2) is 14.2 Å². The van der Waals surface area contributed by atoms with Gasteiger partial charge in [0.05, 0.1) is 12.8 Å². The number of ketones is 2. The van der Waals surface area contributed by atoms with Gasteiger partial charge in [-0.15, -0.1) is 11.3 Å². The second kappa shape index (κ2) is 9.67. The zero-order valence-electron chi connectivity index (χ0n) is 17.6. The van der Waals surface area contributed by atoms with Crippen LogP contribution in [0.4, 0.5) is 4.39 Å². The van der Waals surface area contributed by atoms with E-state index in [2.05, 4.69) is 4.98 Å². The van der Waals surface area contributed by atoms with Crippen LogP contribution in [0.3, 0.4) is 0 Å². The summed E-state index contributed by atoms with van der Waals surface area (Å²) in [5, 5.41) is 0.247. The van der Waals surface area contributed by atoms with E-state index in [1.165, 1.54) is 6.20 Å². The molecule has 3 aromatic carbocycles. The van der Waals surface area contributed by atoms with E-state index in [0.29, 0.717) is 11.1 Å². The first-order valence-electron chi connectivity index (χ1n) is 10.2. The van der Waals surface area contributed by atoms with Crippen LogP contribution >= 0.6 is 11.3 Å². The quantitative estimate of drug-likeness (QED) is 0.266. The number of halogens is 1. The number of hydrogen-bond acceptors (Lipinski definition) is 6. The fraction of sp³-hybridized carbons (Fsp3) is 0.0769. The number of rotatable bonds is 7. The number of esters is 1. The van der Waals surface area contributed by atoms with E-state index in [9.17, 15) is 18.8 Å². The number of carbonyl (C=O) groups is 3. The Morgan fingerprint density at radius 3 is 1.88 bits per heavy atom. The van der Waals surface area contributed by atoms with E-state index in [-0.39, 0.29) is 33.2 Å². The van der Waals surface area contributed by atoms with E-state index < -0.39 is 23.4 Å². The molecule has 1 heterocycles. The molecule has 0 N–H and O–H groups in total. The topological polar surface area (TPSA) is 73.3 Å². The highest BCUT2D eigenvalue weighted by molar-refractivity contribution is 7.16. The normalized spacial score (nSPS) is 10.6. The molecule has 0 aliphatic rings. The third-order valence-corrected chi connectivity index (χ3v) is 5.86. The zero-order chi connectivity index (χ0) is 23.4. The SMILES string of the molecule is CCOC(=O)c1cnc(-c2c(C(=O)c3ccccc3)cc(F)cc2C(=O)c2ccccc2)s1. The fourth-order valence-corrected chi connectivity index (χ4v) is 4.26. The maximum Gasteiger partial charge on any atom is 0.349 e. The van der Waals surface area contributed by atoms with Crippen LogP contribution in [-0.2, 0) is 4.74 Å². The molecule has 4 rings (SSSR count). The first-order chi connectivity index (χ1) is 16.0. The molecule has 4 aromatic rings. The van der Waals surface area contributed by atoms with Gasteiger partial charge in [-0.05, 0) is 19.1 Å². The lowest BCUT2D eigenvalue weighted by Crippen LogP contribution is -2.11. The second-order valence-corrected chi connectivity index (χ2v) is 8.05. The van der Waals surface area contributed by atoms with Crippen LogP contribution in [0.2, 0.25) is 0 Å². The average molecular weight is 459 g/mol. The molecule has 0 fully saturated rings. The van der Waals surface area contributed by atoms with Gasteiger partial charge in [0.1, 0.15) is 15.7 Å². The molecule has 0 bridgehead atoms. The number of carbonyl (C=O) groups excluding carboxylic acids is 3. The summed E-state index contributed by atoms with van der Waals surface area (Å²) < 4.78 is 19.7. The Hall–Kier alpha value is -3.97. The summed E-state index contributed by atoms with van der Waals surface area (Å²) in [4.78, 5) is 43.4. The maximum absolute atomic E-state index is 14.7. The Morgan fingerprint density at radius 1 is 0.879 bits per heavy atom. The van der Waals surface area contributed by atoms with Crippen molar-refractivity contribution in [2.45, 2.75) is 6.92 Å². The van der Waals surface area contributed by atoms with Crippen molar-refractivity contribution < 1.29 is 23.5 Å². The number of ether oxygens (including phenoxy) is 1. The van der Waals surface area contributed by atoms with E-state index in [4.69, 9.17) is 4.74 Å². The maximum atomic E-state index is 14.7. The molecule has 0 saturated heterocycles. The highest BCUT2D eigenvalue weighted by Gasteiger charge is 2.26. The lowest BCUT2D eigenvalue weighted by Gasteiger charge is -2.13. The Labute approximate surface area is 193 Å². The predicted molar refractivity (Wildman–Crippen MR) is 123 cm³/mol. The van der Waals surface area contributed by atoms with Gasteiger partial charge >= 0.3 is 5.97 Å². The number of nitrogens with zero attached hydrogens (tertiary/aromatic N) is 1. The number of hydrogen-bond donors (Lipinski definition) is 0. The van der Waals surface area contributed by atoms with Gasteiger partial charge in [0, 0.05) is 27.8 Å². The number of aromatic nitrogens is 1. The third-order valence-electron chi connectivity index (χ3n) is 4.86. The summed E-state index contributed by atoms with van der Waals surface area (Å²) in [6.07, 6.45) is 1.33. The lowest BCUT2D eigenvalue weighted by molar-refractivity contribution is 0.0531. The monoisotopic (exact) mass is 459 g/mol. The van der Waals surface area contributed by atoms with Crippen LogP contribution in [0.25, 0.3) is 10.6 Å². The first kappa shape index (κ1) is 22.2. The third kappa shape index (κ3) is 4.63. The Bertz CT molecular complexity index is 1260. The summed E-state index contributed by atoms with van der Waals surface area (Å²) in [7, 11) is 0. The smallest absolute Gasteiger partial charge is 0.349 e. The highest BCUT2D eigenvalue weighted by atomic mass is 32.1. The standard InChI is InChI=1S/C26H18FNO4S/c1-2-32-26(31)21-15-28-25(33-21)22-19(23(29)16-9-5-3-6-10-16)13-18(27)14-20(22)24(30)17-11-7-4-8-12-17/h3-15H,2H2,1H3. The Morgan fingerprint density at radius 2 is 1.39 bits per heavy atom. The van der Waals surface area contributed by atoms with Gasteiger partial charge in [-0.2, -0.15) is 0 Å². The molecule has 0 atom stereocenters. The van der Waals surface area contributed by atoms with Crippen molar-refractivity contribution in [3.05, 3.63) is 112 Å². The molecular weight excluding hydrogens is 441 g/mol. The molecular formula is C26H18FNO4S. The minimum atomic E-state index is -0.723. The number of benzene rings is 3. The van der Waals surface area contributed by atoms with E-state index in [1.807, 2.05) is 0 Å². The Balaban J connectivity index is 1.94. The van der Waals surface area contributed by atoms with Crippen molar-refractivity contribution >= 4 is 28.9 Å². The van der Waals surface area contributed by atoms with Gasteiger partial charge < -0.3 is 4.74 Å². The zero-order valence-corrected chi connectivity index (χ0v) is 18.4. The molecule has 0 radical (unpaired) electrons. The van der Waals surface area contributed by atoms with Crippen LogP contribution in [0.15, 0.2) is 79.0 Å². The van der Waals surface area contributed by atoms with Crippen molar-refractivity contribution in [2.75, 3.05) is 6.61 Å². The van der Waals surface area contributed by atoms with Gasteiger partial charge in [0.25, 0.3) is 0 Å². The van der Waals surface area contributed by atoms with Crippen molar-refractivity contribution in [1.82, 2.24) is 4.98 Å². The van der Waals surface area contributed by atoms with Crippen molar-refractivity contribution in [2.24, 2.45) is 0 Å². The molecule has 5 nitrogen and oxygen atoms in total. The molecule has 7 heteroatoms. The summed E-state index contributed by atoms with van der Waals surface area (Å²) in [5.74, 6) is -2.20. The molecule has 0 saturated carbocycles. The van der Waals surface area contributed by atoms with Crippen LogP contribution < -0.4 is 0 Å². The lowest BCUT2D eigenvalue weighted by atomic mass is 9.91. The van der Waals surface area contributed by atoms with Gasteiger partial charge in [-0.3, -0.25) is 9.59 Å². The Kier molecular flexibility index (Phi) is 6.51. The molecule has 0 spiro atoms. The molecule has 33 heavy (non-hydrogen) atoms. The first-order valence-corrected chi connectivity index (χ1v) is 11.0. The van der Waals surface area contributed by atoms with Crippen LogP contribution in [0, 0.1) is 5.82 Å². The van der Waals surface area contributed by atoms with E-state index >= 15 is 0 Å². The molecule has 164 valence electrons. The van der Waals surface area contributed by atoms with Crippen molar-refractivity contribution in [3.63, 3.8) is 0 Å². The van der Waals surface area contributed by atoms with E-state index in [0.717, 1.165) is 23.5 Å². The van der Waals surface area contributed by atoms with E-state index in [1.54, 1.807) is 67.6 Å². The van der Waals surface area contributed by atoms with Crippen LogP contribution in [0.1, 0.15) is 48.4 Å². The van der Waals surface area contributed by atoms with Crippen molar-refractivity contribution in [1.29, 1.82) is 0 Å². The minimum Gasteiger partial charge on any atom is -0.462 e. The molecule has 0 aliphatic heterocycles. The largest absolute Gasteiger partial charge is 0.462 e. The number of thiazole rings is 1. The second-order valence-electron chi connectivity index (χ2n) is 7.02. The molecule has 0 amide bonds. The molecule has 0 unspecified atom stereocenters. The molecule has 0 aliphatic carbocycles. The van der Waals surface area contributed by atoms with Gasteiger partial charge in [-0.1, -0.05) is 60.7 Å². The average Bonchev–Trinajstić information content (AvgIpc) is 3.34. The summed E-state index contributed by atoms with van der Waals surface area (Å²) in [6.45, 7) is 1.88. The summed E-state index contributed by atoms with van der Waals surface area (Å²) in [5.41, 5.74) is 0.837. The predicted octanol–water partition coefficient (Wildman–Crippen LogP) is 5.59. The highest BCUT2D eigenvalue weighted by Crippen LogP contribution is 2.35. The van der Waals surface area contributed by atoms with Gasteiger partial charge in [0.2, 0.25) is 0 Å².